The van der Waals surface area contributed by atoms with Gasteiger partial charge in [0, 0.05) is 31.7 Å². The molecule has 1 aromatic carbocycles. The molecule has 0 aliphatic carbocycles. The summed E-state index contributed by atoms with van der Waals surface area (Å²) in [6, 6.07) is 8.13. The van der Waals surface area contributed by atoms with Crippen molar-refractivity contribution in [3.05, 3.63) is 29.8 Å². The van der Waals surface area contributed by atoms with Gasteiger partial charge in [-0.25, -0.2) is 0 Å². The second kappa shape index (κ2) is 7.41. The summed E-state index contributed by atoms with van der Waals surface area (Å²) in [5.74, 6) is 0.469. The zero-order chi connectivity index (χ0) is 14.4. The Morgan fingerprint density at radius 3 is 2.50 bits per heavy atom. The van der Waals surface area contributed by atoms with Crippen LogP contribution in [0.25, 0.3) is 0 Å². The summed E-state index contributed by atoms with van der Waals surface area (Å²) in [6.45, 7) is 8.67. The van der Waals surface area contributed by atoms with E-state index in [2.05, 4.69) is 22.3 Å². The van der Waals surface area contributed by atoms with Crippen molar-refractivity contribution in [3.63, 3.8) is 0 Å². The van der Waals surface area contributed by atoms with Crippen molar-refractivity contribution >= 4 is 11.6 Å². The summed E-state index contributed by atoms with van der Waals surface area (Å²) in [4.78, 5) is 14.1. The Morgan fingerprint density at radius 2 is 1.90 bits per heavy atom. The topological polar surface area (TPSA) is 41.6 Å². The molecule has 0 radical (unpaired) electrons. The summed E-state index contributed by atoms with van der Waals surface area (Å²) in [6.07, 6.45) is 0.565. The summed E-state index contributed by atoms with van der Waals surface area (Å²) < 4.78 is 5.34. The van der Waals surface area contributed by atoms with Crippen molar-refractivity contribution in [2.24, 2.45) is 5.92 Å². The van der Waals surface area contributed by atoms with Crippen LogP contribution in [0.1, 0.15) is 25.8 Å². The third kappa shape index (κ3) is 4.94. The van der Waals surface area contributed by atoms with E-state index >= 15 is 0 Å². The van der Waals surface area contributed by atoms with Crippen LogP contribution in [0.4, 0.5) is 5.69 Å². The van der Waals surface area contributed by atoms with E-state index in [0.29, 0.717) is 12.3 Å². The van der Waals surface area contributed by atoms with E-state index in [1.54, 1.807) is 0 Å². The quantitative estimate of drug-likeness (QED) is 0.898. The molecule has 4 heteroatoms. The number of hydrogen-bond donors (Lipinski definition) is 1. The molecule has 110 valence electrons. The first kappa shape index (κ1) is 15.0. The number of nitrogens with zero attached hydrogens (tertiary/aromatic N) is 1. The molecule has 0 bridgehead atoms. The summed E-state index contributed by atoms with van der Waals surface area (Å²) in [7, 11) is 0. The third-order valence-electron chi connectivity index (χ3n) is 3.34. The van der Waals surface area contributed by atoms with Crippen LogP contribution in [0.2, 0.25) is 0 Å². The van der Waals surface area contributed by atoms with Crippen LogP contribution in [0, 0.1) is 5.92 Å². The average molecular weight is 276 g/mol. The van der Waals surface area contributed by atoms with Gasteiger partial charge in [-0.1, -0.05) is 26.0 Å². The molecule has 1 amide bonds. The smallest absolute Gasteiger partial charge is 0.224 e. The molecule has 1 heterocycles. The summed E-state index contributed by atoms with van der Waals surface area (Å²) in [5.41, 5.74) is 2.15. The third-order valence-corrected chi connectivity index (χ3v) is 3.34. The van der Waals surface area contributed by atoms with Crippen LogP contribution >= 0.6 is 0 Å². The molecule has 0 aromatic heterocycles. The fourth-order valence-electron chi connectivity index (χ4n) is 2.29. The minimum atomic E-state index is 0.0842. The van der Waals surface area contributed by atoms with Crippen molar-refractivity contribution in [3.8, 4) is 0 Å². The average Bonchev–Trinajstić information content (AvgIpc) is 2.41. The molecule has 0 spiro atoms. The van der Waals surface area contributed by atoms with Crippen LogP contribution in [0.15, 0.2) is 24.3 Å². The lowest BCUT2D eigenvalue weighted by molar-refractivity contribution is -0.116. The van der Waals surface area contributed by atoms with E-state index in [1.165, 1.54) is 5.56 Å². The molecule has 1 aromatic rings. The Bertz CT molecular complexity index is 423. The van der Waals surface area contributed by atoms with Gasteiger partial charge in [-0.3, -0.25) is 9.69 Å². The van der Waals surface area contributed by atoms with Crippen LogP contribution in [0.3, 0.4) is 0 Å². The minimum absolute atomic E-state index is 0.0842. The minimum Gasteiger partial charge on any atom is -0.379 e. The van der Waals surface area contributed by atoms with Gasteiger partial charge in [0.1, 0.15) is 0 Å². The van der Waals surface area contributed by atoms with Crippen molar-refractivity contribution < 1.29 is 9.53 Å². The number of morpholine rings is 1. The highest BCUT2D eigenvalue weighted by Crippen LogP contribution is 2.13. The Morgan fingerprint density at radius 1 is 1.25 bits per heavy atom. The second-order valence-corrected chi connectivity index (χ2v) is 5.73. The molecule has 0 unspecified atom stereocenters. The molecule has 0 saturated carbocycles. The van der Waals surface area contributed by atoms with Gasteiger partial charge in [-0.05, 0) is 23.6 Å². The van der Waals surface area contributed by atoms with Crippen LogP contribution < -0.4 is 5.32 Å². The molecule has 20 heavy (non-hydrogen) atoms. The van der Waals surface area contributed by atoms with Gasteiger partial charge in [0.2, 0.25) is 5.91 Å². The van der Waals surface area contributed by atoms with E-state index in [4.69, 9.17) is 4.74 Å². The number of rotatable bonds is 5. The lowest BCUT2D eigenvalue weighted by Gasteiger charge is -2.26. The van der Waals surface area contributed by atoms with Gasteiger partial charge in [-0.2, -0.15) is 0 Å². The Labute approximate surface area is 121 Å². The molecule has 0 atom stereocenters. The normalized spacial score (nSPS) is 16.4. The lowest BCUT2D eigenvalue weighted by Crippen LogP contribution is -2.35. The SMILES string of the molecule is CC(C)CC(=O)Nc1ccc(CN2CCOCC2)cc1. The Hall–Kier alpha value is -1.39. The molecule has 2 rings (SSSR count). The summed E-state index contributed by atoms with van der Waals surface area (Å²) >= 11 is 0. The molecular weight excluding hydrogens is 252 g/mol. The van der Waals surface area contributed by atoms with E-state index < -0.39 is 0 Å². The molecule has 1 N–H and O–H groups in total. The first-order valence-electron chi connectivity index (χ1n) is 7.32. The fraction of sp³-hybridized carbons (Fsp3) is 0.562. The number of amides is 1. The predicted molar refractivity (Wildman–Crippen MR) is 80.6 cm³/mol. The van der Waals surface area contributed by atoms with Crippen molar-refractivity contribution in [2.45, 2.75) is 26.8 Å². The standard InChI is InChI=1S/C16H24N2O2/c1-13(2)11-16(19)17-15-5-3-14(4-6-15)12-18-7-9-20-10-8-18/h3-6,13H,7-12H2,1-2H3,(H,17,19). The monoisotopic (exact) mass is 276 g/mol. The molecule has 1 aliphatic heterocycles. The van der Waals surface area contributed by atoms with Crippen molar-refractivity contribution in [1.82, 2.24) is 4.90 Å². The van der Waals surface area contributed by atoms with E-state index in [0.717, 1.165) is 38.5 Å². The van der Waals surface area contributed by atoms with Gasteiger partial charge in [0.15, 0.2) is 0 Å². The van der Waals surface area contributed by atoms with E-state index in [9.17, 15) is 4.79 Å². The number of benzene rings is 1. The molecule has 4 nitrogen and oxygen atoms in total. The van der Waals surface area contributed by atoms with Crippen LogP contribution in [-0.2, 0) is 16.1 Å². The zero-order valence-electron chi connectivity index (χ0n) is 12.4. The Balaban J connectivity index is 1.84. The summed E-state index contributed by atoms with van der Waals surface area (Å²) in [5, 5.41) is 2.93. The highest BCUT2D eigenvalue weighted by Gasteiger charge is 2.10. The number of anilines is 1. The largest absolute Gasteiger partial charge is 0.379 e. The van der Waals surface area contributed by atoms with E-state index in [-0.39, 0.29) is 5.91 Å². The van der Waals surface area contributed by atoms with Gasteiger partial charge in [0.25, 0.3) is 0 Å². The number of ether oxygens (including phenoxy) is 1. The number of hydrogen-bond acceptors (Lipinski definition) is 3. The first-order chi connectivity index (χ1) is 9.63. The first-order valence-corrected chi connectivity index (χ1v) is 7.32. The highest BCUT2D eigenvalue weighted by atomic mass is 16.5. The number of carbonyl (C=O) groups excluding carboxylic acids is 1. The molecular formula is C16H24N2O2. The Kier molecular flexibility index (Phi) is 5.56. The van der Waals surface area contributed by atoms with Gasteiger partial charge < -0.3 is 10.1 Å². The molecule has 1 fully saturated rings. The molecule has 1 aliphatic rings. The maximum Gasteiger partial charge on any atom is 0.224 e. The predicted octanol–water partition coefficient (Wildman–Crippen LogP) is 2.50. The van der Waals surface area contributed by atoms with Crippen molar-refractivity contribution in [2.75, 3.05) is 31.6 Å². The number of nitrogens with one attached hydrogen (secondary N) is 1. The van der Waals surface area contributed by atoms with E-state index in [1.807, 2.05) is 26.0 Å². The fourth-order valence-corrected chi connectivity index (χ4v) is 2.29. The molecule has 1 saturated heterocycles. The van der Waals surface area contributed by atoms with Crippen LogP contribution in [-0.4, -0.2) is 37.1 Å². The zero-order valence-corrected chi connectivity index (χ0v) is 12.4. The highest BCUT2D eigenvalue weighted by molar-refractivity contribution is 5.90. The lowest BCUT2D eigenvalue weighted by atomic mass is 10.1. The second-order valence-electron chi connectivity index (χ2n) is 5.73. The number of carbonyl (C=O) groups is 1. The van der Waals surface area contributed by atoms with Gasteiger partial charge in [-0.15, -0.1) is 0 Å². The van der Waals surface area contributed by atoms with Crippen LogP contribution in [0.5, 0.6) is 0 Å². The van der Waals surface area contributed by atoms with Crippen molar-refractivity contribution in [1.29, 1.82) is 0 Å². The maximum absolute atomic E-state index is 11.7. The van der Waals surface area contributed by atoms with Gasteiger partial charge in [0.05, 0.1) is 13.2 Å². The van der Waals surface area contributed by atoms with Gasteiger partial charge >= 0.3 is 0 Å². The maximum atomic E-state index is 11.7.